The lowest BCUT2D eigenvalue weighted by molar-refractivity contribution is -0.384. The van der Waals surface area contributed by atoms with Gasteiger partial charge in [-0.15, -0.1) is 0 Å². The van der Waals surface area contributed by atoms with Crippen LogP contribution in [0, 0.1) is 17.0 Å². The zero-order valence-electron chi connectivity index (χ0n) is 17.8. The molecule has 3 rings (SSSR count). The first-order chi connectivity index (χ1) is 14.4. The number of carbonyl (C=O) groups excluding carboxylic acids is 1. The number of non-ortho nitro benzene ring substituents is 1. The smallest absolute Gasteiger partial charge is 0.271 e. The van der Waals surface area contributed by atoms with Gasteiger partial charge in [-0.2, -0.15) is 0 Å². The first-order valence-corrected chi connectivity index (χ1v) is 11.5. The quantitative estimate of drug-likeness (QED) is 0.537. The molecule has 10 heteroatoms. The highest BCUT2D eigenvalue weighted by molar-refractivity contribution is 7.92. The zero-order chi connectivity index (χ0) is 23.0. The summed E-state index contributed by atoms with van der Waals surface area (Å²) in [5.41, 5.74) is 1.11. The number of aryl methyl sites for hydroxylation is 1. The molecule has 0 bridgehead atoms. The Morgan fingerprint density at radius 2 is 2.00 bits per heavy atom. The summed E-state index contributed by atoms with van der Waals surface area (Å²) in [6.07, 6.45) is 1.46. The summed E-state index contributed by atoms with van der Waals surface area (Å²) >= 11 is 0. The number of hydrogen-bond acceptors (Lipinski definition) is 6. The largest absolute Gasteiger partial charge is 0.487 e. The molecule has 166 valence electrons. The van der Waals surface area contributed by atoms with Crippen LogP contribution < -0.4 is 14.4 Å². The summed E-state index contributed by atoms with van der Waals surface area (Å²) in [6.45, 7) is 5.29. The zero-order valence-corrected chi connectivity index (χ0v) is 18.6. The number of nitrogens with zero attached hydrogens (tertiary/aromatic N) is 2. The fraction of sp³-hybridized carbons (Fsp3) is 0.381. The van der Waals surface area contributed by atoms with Crippen molar-refractivity contribution >= 4 is 27.3 Å². The topological polar surface area (TPSA) is 119 Å². The number of nitro groups is 1. The molecule has 2 aromatic carbocycles. The number of carbonyl (C=O) groups is 1. The lowest BCUT2D eigenvalue weighted by atomic mass is 9.89. The molecule has 0 saturated heterocycles. The third-order valence-electron chi connectivity index (χ3n) is 4.98. The highest BCUT2D eigenvalue weighted by atomic mass is 32.2. The minimum Gasteiger partial charge on any atom is -0.487 e. The van der Waals surface area contributed by atoms with Gasteiger partial charge in [0.25, 0.3) is 5.69 Å². The van der Waals surface area contributed by atoms with Crippen LogP contribution in [-0.4, -0.2) is 37.6 Å². The molecule has 31 heavy (non-hydrogen) atoms. The van der Waals surface area contributed by atoms with E-state index in [1.54, 1.807) is 0 Å². The van der Waals surface area contributed by atoms with Gasteiger partial charge in [-0.1, -0.05) is 18.2 Å². The van der Waals surface area contributed by atoms with Crippen LogP contribution in [0.15, 0.2) is 42.5 Å². The van der Waals surface area contributed by atoms with Gasteiger partial charge in [-0.25, -0.2) is 8.42 Å². The molecule has 1 heterocycles. The van der Waals surface area contributed by atoms with Gasteiger partial charge in [0.2, 0.25) is 15.9 Å². The van der Waals surface area contributed by atoms with E-state index in [2.05, 4.69) is 5.32 Å². The number of ether oxygens (including phenoxy) is 1. The molecule has 1 N–H and O–H groups in total. The molecule has 1 aliphatic rings. The van der Waals surface area contributed by atoms with Crippen molar-refractivity contribution < 1.29 is 22.9 Å². The fourth-order valence-corrected chi connectivity index (χ4v) is 4.47. The van der Waals surface area contributed by atoms with Crippen molar-refractivity contribution in [3.8, 4) is 5.75 Å². The molecule has 2 aromatic rings. The number of benzene rings is 2. The Hall–Kier alpha value is -3.14. The summed E-state index contributed by atoms with van der Waals surface area (Å²) in [4.78, 5) is 23.3. The number of nitrogens with one attached hydrogen (secondary N) is 1. The van der Waals surface area contributed by atoms with Crippen LogP contribution >= 0.6 is 0 Å². The average Bonchev–Trinajstić information content (AvgIpc) is 2.64. The van der Waals surface area contributed by atoms with Gasteiger partial charge in [-0.3, -0.25) is 19.2 Å². The molecule has 0 saturated carbocycles. The van der Waals surface area contributed by atoms with Crippen LogP contribution in [-0.2, 0) is 14.8 Å². The van der Waals surface area contributed by atoms with E-state index in [0.29, 0.717) is 12.2 Å². The SMILES string of the molecule is Cc1ccc2c(c1)OC(C)(C)C[C@@H]2NC(=O)CN(c1cccc([N+](=O)[O-])c1)S(C)(=O)=O. The van der Waals surface area contributed by atoms with Crippen LogP contribution in [0.5, 0.6) is 5.75 Å². The second-order valence-electron chi connectivity index (χ2n) is 8.27. The van der Waals surface area contributed by atoms with E-state index in [9.17, 15) is 23.3 Å². The van der Waals surface area contributed by atoms with Gasteiger partial charge < -0.3 is 10.1 Å². The third kappa shape index (κ3) is 5.32. The molecule has 0 spiro atoms. The van der Waals surface area contributed by atoms with Gasteiger partial charge in [0.15, 0.2) is 0 Å². The molecule has 0 radical (unpaired) electrons. The second kappa shape index (κ2) is 8.18. The van der Waals surface area contributed by atoms with E-state index >= 15 is 0 Å². The molecule has 1 aliphatic heterocycles. The Bertz CT molecular complexity index is 1130. The van der Waals surface area contributed by atoms with Gasteiger partial charge in [0.05, 0.1) is 22.9 Å². The van der Waals surface area contributed by atoms with Crippen LogP contribution in [0.3, 0.4) is 0 Å². The predicted octanol–water partition coefficient (Wildman–Crippen LogP) is 3.09. The van der Waals surface area contributed by atoms with Crippen LogP contribution in [0.4, 0.5) is 11.4 Å². The van der Waals surface area contributed by atoms with Gasteiger partial charge >= 0.3 is 0 Å². The summed E-state index contributed by atoms with van der Waals surface area (Å²) in [7, 11) is -3.86. The number of amides is 1. The van der Waals surface area contributed by atoms with Crippen LogP contribution in [0.1, 0.15) is 37.4 Å². The molecule has 1 atom stereocenters. The van der Waals surface area contributed by atoms with E-state index in [1.807, 2.05) is 39.0 Å². The second-order valence-corrected chi connectivity index (χ2v) is 10.2. The molecule has 0 fully saturated rings. The maximum absolute atomic E-state index is 12.9. The average molecular weight is 448 g/mol. The molecule has 0 aliphatic carbocycles. The minimum atomic E-state index is -3.86. The highest BCUT2D eigenvalue weighted by Crippen LogP contribution is 2.39. The fourth-order valence-electron chi connectivity index (χ4n) is 3.62. The molecule has 9 nitrogen and oxygen atoms in total. The molecular formula is C21H25N3O6S. The van der Waals surface area contributed by atoms with E-state index in [4.69, 9.17) is 4.74 Å². The minimum absolute atomic E-state index is 0.0511. The first-order valence-electron chi connectivity index (χ1n) is 9.67. The summed E-state index contributed by atoms with van der Waals surface area (Å²) in [5, 5.41) is 14.0. The number of nitro benzene ring substituents is 1. The number of anilines is 1. The molecule has 0 unspecified atom stereocenters. The maximum atomic E-state index is 12.9. The van der Waals surface area contributed by atoms with Crippen molar-refractivity contribution in [1.29, 1.82) is 0 Å². The van der Waals surface area contributed by atoms with E-state index in [0.717, 1.165) is 27.8 Å². The Morgan fingerprint density at radius 1 is 1.29 bits per heavy atom. The first kappa shape index (κ1) is 22.5. The standard InChI is InChI=1S/C21H25N3O6S/c1-14-8-9-17-18(12-21(2,3)30-19(17)10-14)22-20(25)13-23(31(4,28)29)15-6-5-7-16(11-15)24(26)27/h5-11,18H,12-13H2,1-4H3,(H,22,25)/t18-/m0/s1. The van der Waals surface area contributed by atoms with Crippen molar-refractivity contribution in [2.75, 3.05) is 17.1 Å². The summed E-state index contributed by atoms with van der Waals surface area (Å²) < 4.78 is 31.6. The number of hydrogen-bond donors (Lipinski definition) is 1. The number of fused-ring (bicyclic) bond motifs is 1. The Balaban J connectivity index is 1.86. The molecular weight excluding hydrogens is 422 g/mol. The predicted molar refractivity (Wildman–Crippen MR) is 117 cm³/mol. The molecule has 0 aromatic heterocycles. The van der Waals surface area contributed by atoms with Crippen molar-refractivity contribution in [3.05, 3.63) is 63.7 Å². The van der Waals surface area contributed by atoms with E-state index in [-0.39, 0.29) is 17.4 Å². The van der Waals surface area contributed by atoms with Crippen LogP contribution in [0.25, 0.3) is 0 Å². The van der Waals surface area contributed by atoms with Crippen molar-refractivity contribution in [1.82, 2.24) is 5.32 Å². The number of sulfonamides is 1. The van der Waals surface area contributed by atoms with Gasteiger partial charge in [0.1, 0.15) is 17.9 Å². The molecule has 1 amide bonds. The summed E-state index contributed by atoms with van der Waals surface area (Å²) in [5.74, 6) is 0.159. The summed E-state index contributed by atoms with van der Waals surface area (Å²) in [6, 6.07) is 10.5. The van der Waals surface area contributed by atoms with Crippen LogP contribution in [0.2, 0.25) is 0 Å². The Morgan fingerprint density at radius 3 is 2.65 bits per heavy atom. The van der Waals surface area contributed by atoms with Crippen molar-refractivity contribution in [2.45, 2.75) is 38.8 Å². The maximum Gasteiger partial charge on any atom is 0.271 e. The lowest BCUT2D eigenvalue weighted by Crippen LogP contribution is -2.45. The van der Waals surface area contributed by atoms with Crippen molar-refractivity contribution in [3.63, 3.8) is 0 Å². The highest BCUT2D eigenvalue weighted by Gasteiger charge is 2.35. The van der Waals surface area contributed by atoms with Gasteiger partial charge in [-0.05, 0) is 38.5 Å². The Labute approximate surface area is 181 Å². The Kier molecular flexibility index (Phi) is 5.95. The third-order valence-corrected chi connectivity index (χ3v) is 6.12. The van der Waals surface area contributed by atoms with E-state index < -0.39 is 33.0 Å². The van der Waals surface area contributed by atoms with Gasteiger partial charge in [0, 0.05) is 24.1 Å². The normalized spacial score (nSPS) is 17.2. The van der Waals surface area contributed by atoms with Crippen molar-refractivity contribution in [2.24, 2.45) is 0 Å². The lowest BCUT2D eigenvalue weighted by Gasteiger charge is -2.38. The van der Waals surface area contributed by atoms with E-state index in [1.165, 1.54) is 18.2 Å². The number of rotatable bonds is 6. The monoisotopic (exact) mass is 447 g/mol.